The number of esters is 1. The third kappa shape index (κ3) is 10.6. The number of hydrogen-bond donors (Lipinski definition) is 0. The van der Waals surface area contributed by atoms with Crippen molar-refractivity contribution >= 4 is 5.97 Å². The van der Waals surface area contributed by atoms with Gasteiger partial charge in [-0.25, -0.2) is 0 Å². The zero-order valence-electron chi connectivity index (χ0n) is 16.0. The molecule has 0 aromatic carbocycles. The summed E-state index contributed by atoms with van der Waals surface area (Å²) >= 11 is 0. The van der Waals surface area contributed by atoms with Gasteiger partial charge in [0.2, 0.25) is 0 Å². The average Bonchev–Trinajstić information content (AvgIpc) is 2.63. The Labute approximate surface area is 152 Å². The third-order valence-electron chi connectivity index (χ3n) is 4.16. The van der Waals surface area contributed by atoms with E-state index in [4.69, 9.17) is 23.6 Å². The van der Waals surface area contributed by atoms with Crippen LogP contribution in [0, 0.1) is 18.5 Å². The molecule has 0 bridgehead atoms. The van der Waals surface area contributed by atoms with Crippen LogP contribution in [-0.4, -0.2) is 51.7 Å². The Kier molecular flexibility index (Phi) is 16.0. The van der Waals surface area contributed by atoms with Crippen LogP contribution in [0.2, 0.25) is 0 Å². The SMILES string of the molecule is CCCOCCOCCOC1CCCC(C)C1C(=O)OCCC.[C-]#[O+]. The molecule has 146 valence electrons. The summed E-state index contributed by atoms with van der Waals surface area (Å²) in [6, 6.07) is 0. The van der Waals surface area contributed by atoms with Gasteiger partial charge in [0.05, 0.1) is 45.1 Å². The van der Waals surface area contributed by atoms with Gasteiger partial charge in [0.1, 0.15) is 0 Å². The van der Waals surface area contributed by atoms with Gasteiger partial charge < -0.3 is 18.9 Å². The first-order chi connectivity index (χ1) is 12.2. The van der Waals surface area contributed by atoms with Crippen molar-refractivity contribution in [3.8, 4) is 0 Å². The second-order valence-corrected chi connectivity index (χ2v) is 6.24. The summed E-state index contributed by atoms with van der Waals surface area (Å²) in [6.45, 7) is 14.3. The van der Waals surface area contributed by atoms with E-state index in [1.807, 2.05) is 6.92 Å². The van der Waals surface area contributed by atoms with Crippen molar-refractivity contribution in [2.24, 2.45) is 11.8 Å². The van der Waals surface area contributed by atoms with Crippen LogP contribution < -0.4 is 0 Å². The standard InChI is InChI=1S/C18H34O5.CO/c1-4-9-20-11-12-21-13-14-22-16-8-6-7-15(3)17(16)18(19)23-10-5-2;1-2/h15-17H,4-14H2,1-3H3;. The van der Waals surface area contributed by atoms with Crippen LogP contribution in [0.5, 0.6) is 0 Å². The Bertz CT molecular complexity index is 344. The van der Waals surface area contributed by atoms with E-state index < -0.39 is 0 Å². The van der Waals surface area contributed by atoms with Gasteiger partial charge in [0.25, 0.3) is 0 Å². The topological polar surface area (TPSA) is 73.9 Å². The molecule has 0 saturated heterocycles. The number of rotatable bonds is 12. The summed E-state index contributed by atoms with van der Waals surface area (Å²) < 4.78 is 29.6. The second-order valence-electron chi connectivity index (χ2n) is 6.24. The molecule has 25 heavy (non-hydrogen) atoms. The molecule has 1 aliphatic carbocycles. The van der Waals surface area contributed by atoms with Crippen LogP contribution >= 0.6 is 0 Å². The third-order valence-corrected chi connectivity index (χ3v) is 4.16. The fraction of sp³-hybridized carbons (Fsp3) is 0.895. The zero-order chi connectivity index (χ0) is 18.9. The van der Waals surface area contributed by atoms with Crippen molar-refractivity contribution in [3.05, 3.63) is 6.65 Å². The summed E-state index contributed by atoms with van der Waals surface area (Å²) in [7, 11) is 0. The fourth-order valence-corrected chi connectivity index (χ4v) is 2.96. The molecule has 0 aliphatic heterocycles. The van der Waals surface area contributed by atoms with E-state index in [0.29, 0.717) is 39.0 Å². The number of carbonyl (C=O) groups is 1. The molecule has 0 spiro atoms. The first kappa shape index (κ1) is 24.1. The molecule has 6 nitrogen and oxygen atoms in total. The number of hydrogen-bond acceptors (Lipinski definition) is 5. The van der Waals surface area contributed by atoms with Gasteiger partial charge in [-0.05, 0) is 31.6 Å². The van der Waals surface area contributed by atoms with Crippen molar-refractivity contribution in [2.75, 3.05) is 39.6 Å². The van der Waals surface area contributed by atoms with E-state index in [-0.39, 0.29) is 18.0 Å². The molecular weight excluding hydrogens is 324 g/mol. The monoisotopic (exact) mass is 358 g/mol. The van der Waals surface area contributed by atoms with Gasteiger partial charge in [-0.3, -0.25) is 4.79 Å². The van der Waals surface area contributed by atoms with Crippen molar-refractivity contribution in [1.82, 2.24) is 0 Å². The van der Waals surface area contributed by atoms with E-state index in [0.717, 1.165) is 38.7 Å². The van der Waals surface area contributed by atoms with Gasteiger partial charge in [-0.1, -0.05) is 27.2 Å². The van der Waals surface area contributed by atoms with E-state index in [1.54, 1.807) is 0 Å². The summed E-state index contributed by atoms with van der Waals surface area (Å²) in [4.78, 5) is 12.3. The Morgan fingerprint density at radius 3 is 2.20 bits per heavy atom. The molecule has 1 saturated carbocycles. The van der Waals surface area contributed by atoms with E-state index in [2.05, 4.69) is 20.5 Å². The normalized spacial score (nSPS) is 22.7. The molecule has 3 atom stereocenters. The second kappa shape index (κ2) is 16.6. The first-order valence-corrected chi connectivity index (χ1v) is 9.34. The maximum absolute atomic E-state index is 12.3. The van der Waals surface area contributed by atoms with Crippen molar-refractivity contribution in [2.45, 2.75) is 59.0 Å². The molecule has 0 heterocycles. The quantitative estimate of drug-likeness (QED) is 0.232. The van der Waals surface area contributed by atoms with Crippen molar-refractivity contribution in [3.63, 3.8) is 0 Å². The average molecular weight is 358 g/mol. The molecule has 0 aromatic heterocycles. The molecule has 0 radical (unpaired) electrons. The van der Waals surface area contributed by atoms with Gasteiger partial charge in [0, 0.05) is 6.61 Å². The van der Waals surface area contributed by atoms with Crippen LogP contribution in [0.25, 0.3) is 0 Å². The zero-order valence-corrected chi connectivity index (χ0v) is 16.0. The van der Waals surface area contributed by atoms with Crippen LogP contribution in [0.3, 0.4) is 0 Å². The molecule has 1 aliphatic rings. The van der Waals surface area contributed by atoms with Gasteiger partial charge >= 0.3 is 17.3 Å². The summed E-state index contributed by atoms with van der Waals surface area (Å²) in [6.07, 6.45) is 4.94. The van der Waals surface area contributed by atoms with E-state index in [9.17, 15) is 4.79 Å². The molecular formula is C19H34O6. The molecule has 0 N–H and O–H groups in total. The maximum atomic E-state index is 12.3. The Morgan fingerprint density at radius 2 is 1.56 bits per heavy atom. The van der Waals surface area contributed by atoms with Gasteiger partial charge in [-0.2, -0.15) is 0 Å². The van der Waals surface area contributed by atoms with Crippen LogP contribution in [-0.2, 0) is 28.4 Å². The molecule has 0 aromatic rings. The molecule has 0 amide bonds. The molecule has 6 heteroatoms. The fourth-order valence-electron chi connectivity index (χ4n) is 2.96. The Hall–Kier alpha value is -0.910. The minimum absolute atomic E-state index is 0.0388. The summed E-state index contributed by atoms with van der Waals surface area (Å²) in [5, 5.41) is 0. The van der Waals surface area contributed by atoms with E-state index in [1.165, 1.54) is 0 Å². The van der Waals surface area contributed by atoms with Crippen LogP contribution in [0.1, 0.15) is 52.9 Å². The van der Waals surface area contributed by atoms with Crippen LogP contribution in [0.4, 0.5) is 0 Å². The molecule has 1 rings (SSSR count). The number of ether oxygens (including phenoxy) is 4. The molecule has 3 unspecified atom stereocenters. The van der Waals surface area contributed by atoms with E-state index >= 15 is 0 Å². The van der Waals surface area contributed by atoms with Gasteiger partial charge in [-0.15, -0.1) is 0 Å². The number of carbonyl (C=O) groups excluding carboxylic acids is 1. The minimum atomic E-state index is -0.136. The van der Waals surface area contributed by atoms with Crippen molar-refractivity contribution < 1.29 is 28.4 Å². The Balaban J connectivity index is 0.00000277. The van der Waals surface area contributed by atoms with Crippen molar-refractivity contribution in [1.29, 1.82) is 0 Å². The summed E-state index contributed by atoms with van der Waals surface area (Å²) in [5.74, 6) is 0.0857. The Morgan fingerprint density at radius 1 is 0.960 bits per heavy atom. The first-order valence-electron chi connectivity index (χ1n) is 9.34. The molecule has 1 fully saturated rings. The summed E-state index contributed by atoms with van der Waals surface area (Å²) in [5.41, 5.74) is 0. The van der Waals surface area contributed by atoms with Crippen LogP contribution in [0.15, 0.2) is 0 Å². The van der Waals surface area contributed by atoms with Gasteiger partial charge in [0.15, 0.2) is 0 Å². The predicted molar refractivity (Wildman–Crippen MR) is 93.4 cm³/mol. The predicted octanol–water partition coefficient (Wildman–Crippen LogP) is 3.17.